The maximum Gasteiger partial charge on any atom is 0.125 e. The zero-order valence-electron chi connectivity index (χ0n) is 11.9. The van der Waals surface area contributed by atoms with Gasteiger partial charge in [0.2, 0.25) is 0 Å². The van der Waals surface area contributed by atoms with E-state index in [2.05, 4.69) is 31.0 Å². The number of aryl methyl sites for hydroxylation is 3. The van der Waals surface area contributed by atoms with E-state index in [4.69, 9.17) is 22.7 Å². The van der Waals surface area contributed by atoms with Crippen molar-refractivity contribution in [3.05, 3.63) is 44.9 Å². The molecule has 2 aromatic rings. The van der Waals surface area contributed by atoms with E-state index in [0.717, 1.165) is 38.9 Å². The summed E-state index contributed by atoms with van der Waals surface area (Å²) >= 11 is 6.56. The summed E-state index contributed by atoms with van der Waals surface area (Å²) in [6.45, 7) is 6.65. The molecule has 5 heteroatoms. The minimum Gasteiger partial charge on any atom is -0.493 e. The van der Waals surface area contributed by atoms with E-state index < -0.39 is 0 Å². The third-order valence-corrected chi connectivity index (χ3v) is 4.62. The van der Waals surface area contributed by atoms with Crippen LogP contribution < -0.4 is 10.5 Å². The van der Waals surface area contributed by atoms with Crippen LogP contribution in [0.1, 0.15) is 26.7 Å². The first-order valence-corrected chi connectivity index (χ1v) is 7.66. The second kappa shape index (κ2) is 6.33. The van der Waals surface area contributed by atoms with Crippen LogP contribution >= 0.6 is 23.6 Å². The predicted octanol–water partition coefficient (Wildman–Crippen LogP) is 3.32. The average Bonchev–Trinajstić information content (AvgIpc) is 2.74. The lowest BCUT2D eigenvalue weighted by Gasteiger charge is -2.10. The van der Waals surface area contributed by atoms with E-state index in [1.165, 1.54) is 0 Å². The number of aromatic nitrogens is 1. The van der Waals surface area contributed by atoms with Gasteiger partial charge in [0.1, 0.15) is 10.7 Å². The number of nitrogens with zero attached hydrogens (tertiary/aromatic N) is 1. The molecule has 1 heterocycles. The number of hydrogen-bond donors (Lipinski definition) is 1. The van der Waals surface area contributed by atoms with Gasteiger partial charge in [0.05, 0.1) is 22.2 Å². The molecule has 0 fully saturated rings. The Bertz CT molecular complexity index is 615. The number of rotatable bonds is 5. The molecular weight excluding hydrogens is 288 g/mol. The minimum atomic E-state index is 0.418. The molecular formula is C15H18N2OS2. The van der Waals surface area contributed by atoms with Crippen molar-refractivity contribution in [2.24, 2.45) is 5.73 Å². The van der Waals surface area contributed by atoms with Crippen molar-refractivity contribution in [1.82, 2.24) is 4.98 Å². The zero-order valence-corrected chi connectivity index (χ0v) is 13.5. The van der Waals surface area contributed by atoms with Gasteiger partial charge in [0, 0.05) is 6.42 Å². The Morgan fingerprint density at radius 2 is 1.95 bits per heavy atom. The van der Waals surface area contributed by atoms with Gasteiger partial charge in [0.25, 0.3) is 0 Å². The molecule has 1 aromatic carbocycles. The lowest BCUT2D eigenvalue weighted by atomic mass is 10.1. The minimum absolute atomic E-state index is 0.418. The highest BCUT2D eigenvalue weighted by Crippen LogP contribution is 2.23. The molecule has 0 aliphatic carbocycles. The number of hydrogen-bond acceptors (Lipinski definition) is 4. The fourth-order valence-electron chi connectivity index (χ4n) is 2.06. The van der Waals surface area contributed by atoms with Crippen LogP contribution in [0.4, 0.5) is 0 Å². The maximum atomic E-state index is 5.88. The highest BCUT2D eigenvalue weighted by Gasteiger charge is 2.10. The Kier molecular flexibility index (Phi) is 4.73. The first-order valence-electron chi connectivity index (χ1n) is 6.44. The molecule has 0 spiro atoms. The Morgan fingerprint density at radius 1 is 1.30 bits per heavy atom. The lowest BCUT2D eigenvalue weighted by molar-refractivity contribution is 0.317. The van der Waals surface area contributed by atoms with Crippen molar-refractivity contribution in [2.75, 3.05) is 6.61 Å². The average molecular weight is 306 g/mol. The van der Waals surface area contributed by atoms with Gasteiger partial charge in [-0.15, -0.1) is 11.3 Å². The number of thiazole rings is 1. The van der Waals surface area contributed by atoms with Crippen LogP contribution in [0.15, 0.2) is 18.2 Å². The van der Waals surface area contributed by atoms with Gasteiger partial charge in [-0.2, -0.15) is 0 Å². The quantitative estimate of drug-likeness (QED) is 0.861. The molecule has 0 amide bonds. The second-order valence-electron chi connectivity index (χ2n) is 4.71. The molecule has 0 atom stereocenters. The number of para-hydroxylation sites is 1. The third-order valence-electron chi connectivity index (χ3n) is 3.04. The second-order valence-corrected chi connectivity index (χ2v) is 6.23. The molecule has 2 N–H and O–H groups in total. The lowest BCUT2D eigenvalue weighted by Crippen LogP contribution is -2.08. The van der Waals surface area contributed by atoms with Crippen molar-refractivity contribution in [3.8, 4) is 5.75 Å². The fourth-order valence-corrected chi connectivity index (χ4v) is 3.23. The number of ether oxygens (including phenoxy) is 1. The Labute approximate surface area is 128 Å². The Balaban J connectivity index is 2.00. The van der Waals surface area contributed by atoms with Crippen LogP contribution in [-0.2, 0) is 6.42 Å². The molecule has 0 aliphatic heterocycles. The summed E-state index contributed by atoms with van der Waals surface area (Å²) in [5, 5.41) is 1.01. The van der Waals surface area contributed by atoms with E-state index in [9.17, 15) is 0 Å². The van der Waals surface area contributed by atoms with E-state index in [1.54, 1.807) is 11.3 Å². The highest BCUT2D eigenvalue weighted by molar-refractivity contribution is 7.81. The van der Waals surface area contributed by atoms with Crippen LogP contribution in [0.2, 0.25) is 0 Å². The molecule has 0 radical (unpaired) electrons. The van der Waals surface area contributed by atoms with Crippen LogP contribution in [-0.4, -0.2) is 16.6 Å². The van der Waals surface area contributed by atoms with E-state index in [1.807, 2.05) is 13.0 Å². The standard InChI is InChI=1S/C15H18N2OS2/c1-9-5-4-6-10(2)13(9)18-8-7-12-17-11(3)14(20-12)15(16)19/h4-6H,7-8H2,1-3H3,(H2,16,19). The third kappa shape index (κ3) is 3.35. The maximum absolute atomic E-state index is 5.88. The van der Waals surface area contributed by atoms with Crippen molar-refractivity contribution < 1.29 is 4.74 Å². The highest BCUT2D eigenvalue weighted by atomic mass is 32.1. The Hall–Kier alpha value is -1.46. The number of nitrogens with two attached hydrogens (primary N) is 1. The molecule has 0 aliphatic rings. The Morgan fingerprint density at radius 3 is 2.50 bits per heavy atom. The number of thiocarbonyl (C=S) groups is 1. The first kappa shape index (κ1) is 14.9. The van der Waals surface area contributed by atoms with Gasteiger partial charge in [-0.1, -0.05) is 30.4 Å². The van der Waals surface area contributed by atoms with Gasteiger partial charge >= 0.3 is 0 Å². The van der Waals surface area contributed by atoms with E-state index >= 15 is 0 Å². The van der Waals surface area contributed by atoms with Crippen LogP contribution in [0, 0.1) is 20.8 Å². The van der Waals surface area contributed by atoms with E-state index in [-0.39, 0.29) is 0 Å². The van der Waals surface area contributed by atoms with Crippen molar-refractivity contribution >= 4 is 28.5 Å². The first-order chi connectivity index (χ1) is 9.49. The van der Waals surface area contributed by atoms with Crippen molar-refractivity contribution in [2.45, 2.75) is 27.2 Å². The van der Waals surface area contributed by atoms with Gasteiger partial charge in [-0.05, 0) is 31.9 Å². The fraction of sp³-hybridized carbons (Fsp3) is 0.333. The molecule has 0 saturated carbocycles. The topological polar surface area (TPSA) is 48.1 Å². The smallest absolute Gasteiger partial charge is 0.125 e. The molecule has 0 saturated heterocycles. The van der Waals surface area contributed by atoms with Gasteiger partial charge in [-0.3, -0.25) is 0 Å². The van der Waals surface area contributed by atoms with Crippen molar-refractivity contribution in [1.29, 1.82) is 0 Å². The van der Waals surface area contributed by atoms with Gasteiger partial charge in [-0.25, -0.2) is 4.98 Å². The largest absolute Gasteiger partial charge is 0.493 e. The molecule has 2 rings (SSSR count). The predicted molar refractivity (Wildman–Crippen MR) is 87.9 cm³/mol. The summed E-state index contributed by atoms with van der Waals surface area (Å²) in [6.07, 6.45) is 0.766. The summed E-state index contributed by atoms with van der Waals surface area (Å²) in [4.78, 5) is 5.80. The number of benzene rings is 1. The summed E-state index contributed by atoms with van der Waals surface area (Å²) in [6, 6.07) is 6.15. The summed E-state index contributed by atoms with van der Waals surface area (Å²) < 4.78 is 5.88. The molecule has 1 aromatic heterocycles. The van der Waals surface area contributed by atoms with Crippen LogP contribution in [0.5, 0.6) is 5.75 Å². The molecule has 106 valence electrons. The molecule has 20 heavy (non-hydrogen) atoms. The SMILES string of the molecule is Cc1cccc(C)c1OCCc1nc(C)c(C(N)=S)s1. The summed E-state index contributed by atoms with van der Waals surface area (Å²) in [5.41, 5.74) is 8.88. The monoisotopic (exact) mass is 306 g/mol. The van der Waals surface area contributed by atoms with Crippen molar-refractivity contribution in [3.63, 3.8) is 0 Å². The van der Waals surface area contributed by atoms with Crippen LogP contribution in [0.3, 0.4) is 0 Å². The molecule has 0 unspecified atom stereocenters. The van der Waals surface area contributed by atoms with Crippen LogP contribution in [0.25, 0.3) is 0 Å². The van der Waals surface area contributed by atoms with E-state index in [0.29, 0.717) is 11.6 Å². The van der Waals surface area contributed by atoms with Gasteiger partial charge < -0.3 is 10.5 Å². The molecule has 0 bridgehead atoms. The summed E-state index contributed by atoms with van der Waals surface area (Å²) in [5.74, 6) is 0.968. The molecule has 3 nitrogen and oxygen atoms in total. The summed E-state index contributed by atoms with van der Waals surface area (Å²) in [7, 11) is 0. The van der Waals surface area contributed by atoms with Gasteiger partial charge in [0.15, 0.2) is 0 Å². The normalized spacial score (nSPS) is 10.6. The zero-order chi connectivity index (χ0) is 14.7.